The van der Waals surface area contributed by atoms with E-state index in [1.54, 1.807) is 53.9 Å². The number of methoxy groups -OCH3 is 1. The number of aliphatic carboxylic acids is 1. The van der Waals surface area contributed by atoms with Gasteiger partial charge in [-0.15, -0.1) is 0 Å². The van der Waals surface area contributed by atoms with Crippen LogP contribution in [0.15, 0.2) is 16.0 Å². The van der Waals surface area contributed by atoms with Crippen LogP contribution in [0, 0.1) is 26.7 Å². The number of amides is 1. The van der Waals surface area contributed by atoms with Crippen LogP contribution in [-0.2, 0) is 19.6 Å². The number of nitrogens with one attached hydrogen (secondary N) is 2. The number of rotatable bonds is 7. The molecule has 1 aliphatic rings. The first-order valence-corrected chi connectivity index (χ1v) is 13.3. The summed E-state index contributed by atoms with van der Waals surface area (Å²) < 4.78 is 39.2. The first kappa shape index (κ1) is 27.8. The fourth-order valence-electron chi connectivity index (χ4n) is 3.62. The summed E-state index contributed by atoms with van der Waals surface area (Å²) in [5.41, 5.74) is -0.292. The maximum absolute atomic E-state index is 13.1. The van der Waals surface area contributed by atoms with E-state index in [1.807, 2.05) is 0 Å². The van der Waals surface area contributed by atoms with Crippen molar-refractivity contribution >= 4 is 39.0 Å². The molecule has 12 heteroatoms. The van der Waals surface area contributed by atoms with Gasteiger partial charge >= 0.3 is 12.1 Å². The first-order chi connectivity index (χ1) is 15.6. The number of amidine groups is 1. The average molecular weight is 516 g/mol. The Bertz CT molecular complexity index is 1110. The van der Waals surface area contributed by atoms with Gasteiger partial charge in [0.25, 0.3) is 10.0 Å². The highest BCUT2D eigenvalue weighted by molar-refractivity contribution is 8.14. The molecule has 10 nitrogen and oxygen atoms in total. The zero-order valence-corrected chi connectivity index (χ0v) is 22.4. The summed E-state index contributed by atoms with van der Waals surface area (Å²) in [6.45, 7) is 10.3. The minimum Gasteiger partial charge on any atom is -0.496 e. The summed E-state index contributed by atoms with van der Waals surface area (Å²) in [6, 6.07) is 1.54. The number of aryl methyl sites for hydroxylation is 1. The number of carbonyl (C=O) groups is 2. The summed E-state index contributed by atoms with van der Waals surface area (Å²) in [6.07, 6.45) is 0.998. The number of carbonyl (C=O) groups excluding carboxylic acids is 1. The second kappa shape index (κ2) is 10.0. The van der Waals surface area contributed by atoms with E-state index in [2.05, 4.69) is 15.0 Å². The molecule has 0 bridgehead atoms. The van der Waals surface area contributed by atoms with Gasteiger partial charge in [0.05, 0.1) is 12.0 Å². The predicted octanol–water partition coefficient (Wildman–Crippen LogP) is 2.99. The second-order valence-corrected chi connectivity index (χ2v) is 11.7. The van der Waals surface area contributed by atoms with Gasteiger partial charge in [-0.2, -0.15) is 0 Å². The van der Waals surface area contributed by atoms with Crippen molar-refractivity contribution in [1.82, 2.24) is 10.0 Å². The minimum absolute atomic E-state index is 0.0143. The van der Waals surface area contributed by atoms with Gasteiger partial charge in [0.2, 0.25) is 0 Å². The zero-order chi connectivity index (χ0) is 26.1. The van der Waals surface area contributed by atoms with Crippen LogP contribution in [0.3, 0.4) is 0 Å². The molecule has 1 aromatic rings. The fourth-order valence-corrected chi connectivity index (χ4v) is 5.78. The van der Waals surface area contributed by atoms with Gasteiger partial charge < -0.3 is 19.9 Å². The van der Waals surface area contributed by atoms with E-state index in [4.69, 9.17) is 9.47 Å². The van der Waals surface area contributed by atoms with Crippen LogP contribution in [0.4, 0.5) is 4.79 Å². The molecule has 0 heterocycles. The Morgan fingerprint density at radius 2 is 1.88 bits per heavy atom. The lowest BCUT2D eigenvalue weighted by molar-refractivity contribution is -0.141. The molecule has 0 unspecified atom stereocenters. The van der Waals surface area contributed by atoms with Crippen LogP contribution in [0.1, 0.15) is 43.9 Å². The Hall–Kier alpha value is -2.47. The second-order valence-electron chi connectivity index (χ2n) is 9.23. The van der Waals surface area contributed by atoms with Crippen LogP contribution in [0.2, 0.25) is 0 Å². The highest BCUT2D eigenvalue weighted by Gasteiger charge is 2.62. The Balaban J connectivity index is 2.19. The minimum atomic E-state index is -3.95. The van der Waals surface area contributed by atoms with Crippen molar-refractivity contribution < 1.29 is 32.6 Å². The monoisotopic (exact) mass is 515 g/mol. The van der Waals surface area contributed by atoms with E-state index < -0.39 is 39.1 Å². The molecule has 34 heavy (non-hydrogen) atoms. The summed E-state index contributed by atoms with van der Waals surface area (Å²) in [5.74, 6) is -1.06. The Labute approximate surface area is 204 Å². The third-order valence-corrected chi connectivity index (χ3v) is 7.77. The van der Waals surface area contributed by atoms with Gasteiger partial charge in [-0.25, -0.2) is 18.0 Å². The Kier molecular flexibility index (Phi) is 8.19. The predicted molar refractivity (Wildman–Crippen MR) is 131 cm³/mol. The molecule has 0 aliphatic heterocycles. The number of ether oxygens (including phenoxy) is 2. The molecule has 3 N–H and O–H groups in total. The number of carboxylic acid groups (broad SMARTS) is 1. The normalized spacial score (nSPS) is 20.5. The van der Waals surface area contributed by atoms with Gasteiger partial charge in [-0.05, 0) is 77.0 Å². The number of sulfonamides is 1. The fraction of sp³-hybridized carbons (Fsp3) is 0.591. The number of hydrogen-bond acceptors (Lipinski definition) is 8. The van der Waals surface area contributed by atoms with E-state index in [9.17, 15) is 23.1 Å². The van der Waals surface area contributed by atoms with E-state index in [1.165, 1.54) is 7.11 Å². The first-order valence-electron chi connectivity index (χ1n) is 10.6. The molecule has 1 amide bonds. The molecule has 0 radical (unpaired) electrons. The standard InChI is InChI=1S/C22H33N3O7S2/c1-12-9-16(13(2)14(3)17(12)31-7)34(29,30)25-19(33-8)23-11-15-10-22(15,18(26)27)24-20(28)32-21(4,5)6/h9,15H,10-11H2,1-8H3,(H,23,25)(H,24,28)(H,26,27)/t15-,22+/m0/s1. The number of carboxylic acids is 1. The van der Waals surface area contributed by atoms with Gasteiger partial charge in [0, 0.05) is 12.5 Å². The van der Waals surface area contributed by atoms with Gasteiger partial charge in [-0.3, -0.25) is 9.71 Å². The summed E-state index contributed by atoms with van der Waals surface area (Å²) in [5, 5.41) is 12.2. The maximum Gasteiger partial charge on any atom is 0.408 e. The molecule has 0 aromatic heterocycles. The molecule has 1 saturated carbocycles. The quantitative estimate of drug-likeness (QED) is 0.371. The lowest BCUT2D eigenvalue weighted by Gasteiger charge is -2.22. The lowest BCUT2D eigenvalue weighted by Crippen LogP contribution is -2.47. The van der Waals surface area contributed by atoms with Crippen molar-refractivity contribution in [2.75, 3.05) is 19.9 Å². The number of hydrogen-bond donors (Lipinski definition) is 3. The van der Waals surface area contributed by atoms with Crippen LogP contribution in [0.5, 0.6) is 5.75 Å². The topological polar surface area (TPSA) is 143 Å². The molecule has 1 fully saturated rings. The van der Waals surface area contributed by atoms with E-state index in [0.717, 1.165) is 17.3 Å². The number of benzene rings is 1. The van der Waals surface area contributed by atoms with Crippen molar-refractivity contribution in [2.24, 2.45) is 10.9 Å². The van der Waals surface area contributed by atoms with Gasteiger partial charge in [0.15, 0.2) is 5.17 Å². The van der Waals surface area contributed by atoms with Crippen molar-refractivity contribution in [1.29, 1.82) is 0 Å². The number of nitrogens with zero attached hydrogens (tertiary/aromatic N) is 1. The number of thioether (sulfide) groups is 1. The Morgan fingerprint density at radius 1 is 1.26 bits per heavy atom. The number of aliphatic imine (C=N–C) groups is 1. The highest BCUT2D eigenvalue weighted by atomic mass is 32.2. The third kappa shape index (κ3) is 6.15. The molecule has 2 atom stereocenters. The molecular weight excluding hydrogens is 482 g/mol. The van der Waals surface area contributed by atoms with Crippen molar-refractivity contribution in [3.63, 3.8) is 0 Å². The molecule has 0 saturated heterocycles. The summed E-state index contributed by atoms with van der Waals surface area (Å²) in [4.78, 5) is 28.3. The maximum atomic E-state index is 13.1. The molecule has 1 aliphatic carbocycles. The van der Waals surface area contributed by atoms with E-state index in [-0.39, 0.29) is 23.0 Å². The summed E-state index contributed by atoms with van der Waals surface area (Å²) >= 11 is 1.09. The van der Waals surface area contributed by atoms with Crippen molar-refractivity contribution in [3.05, 3.63) is 22.8 Å². The molecule has 1 aromatic carbocycles. The SMILES string of the molecule is COc1c(C)cc(S(=O)(=O)NC(=NC[C@@H]2C[C@]2(NC(=O)OC(C)(C)C)C(=O)O)SC)c(C)c1C. The molecule has 0 spiro atoms. The van der Waals surface area contributed by atoms with Crippen molar-refractivity contribution in [2.45, 2.75) is 64.0 Å². The molecule has 190 valence electrons. The number of alkyl carbamates (subject to hydrolysis) is 1. The van der Waals surface area contributed by atoms with Crippen LogP contribution in [0.25, 0.3) is 0 Å². The molecular formula is C22H33N3O7S2. The zero-order valence-electron chi connectivity index (χ0n) is 20.7. The Morgan fingerprint density at radius 3 is 2.38 bits per heavy atom. The van der Waals surface area contributed by atoms with Crippen LogP contribution in [-0.4, -0.2) is 61.8 Å². The van der Waals surface area contributed by atoms with Crippen molar-refractivity contribution in [3.8, 4) is 5.75 Å². The van der Waals surface area contributed by atoms with Gasteiger partial charge in [-0.1, -0.05) is 11.8 Å². The van der Waals surface area contributed by atoms with Crippen LogP contribution >= 0.6 is 11.8 Å². The smallest absolute Gasteiger partial charge is 0.408 e. The van der Waals surface area contributed by atoms with E-state index in [0.29, 0.717) is 16.9 Å². The third-order valence-electron chi connectivity index (χ3n) is 5.55. The largest absolute Gasteiger partial charge is 0.496 e. The van der Waals surface area contributed by atoms with Crippen LogP contribution < -0.4 is 14.8 Å². The van der Waals surface area contributed by atoms with Gasteiger partial charge in [0.1, 0.15) is 16.9 Å². The highest BCUT2D eigenvalue weighted by Crippen LogP contribution is 2.44. The summed E-state index contributed by atoms with van der Waals surface area (Å²) in [7, 11) is -2.41. The van der Waals surface area contributed by atoms with E-state index >= 15 is 0 Å². The molecule has 2 rings (SSSR count). The lowest BCUT2D eigenvalue weighted by atomic mass is 10.1. The average Bonchev–Trinajstić information content (AvgIpc) is 3.40.